The van der Waals surface area contributed by atoms with E-state index in [0.717, 1.165) is 38.5 Å². The molecule has 0 aromatic rings. The number of hydrogen-bond donors (Lipinski definition) is 3. The van der Waals surface area contributed by atoms with Crippen LogP contribution in [0.4, 0.5) is 0 Å². The molecule has 3 atom stereocenters. The number of carbonyl (C=O) groups is 1. The molecule has 8 nitrogen and oxygen atoms in total. The van der Waals surface area contributed by atoms with Crippen LogP contribution in [0.3, 0.4) is 0 Å². The van der Waals surface area contributed by atoms with Crippen LogP contribution >= 0.6 is 7.82 Å². The van der Waals surface area contributed by atoms with Gasteiger partial charge in [0.25, 0.3) is 0 Å². The largest absolute Gasteiger partial charge is 0.472 e. The normalized spacial score (nSPS) is 14.1. The number of likely N-dealkylation sites (N-methyl/N-ethyl adjacent to an activating group) is 1. The number of rotatable bonds is 49. The summed E-state index contributed by atoms with van der Waals surface area (Å²) in [7, 11) is 1.63. The zero-order valence-electron chi connectivity index (χ0n) is 41.0. The van der Waals surface area contributed by atoms with Gasteiger partial charge in [0.05, 0.1) is 39.9 Å². The number of nitrogens with one attached hydrogen (secondary N) is 1. The summed E-state index contributed by atoms with van der Waals surface area (Å²) in [5.74, 6) is -0.138. The molecule has 0 fully saturated rings. The highest BCUT2D eigenvalue weighted by Crippen LogP contribution is 2.43. The molecule has 3 N–H and O–H groups in total. The molecule has 0 aliphatic heterocycles. The molecule has 9 heteroatoms. The van der Waals surface area contributed by atoms with E-state index in [1.165, 1.54) is 205 Å². The van der Waals surface area contributed by atoms with E-state index < -0.39 is 20.0 Å². The van der Waals surface area contributed by atoms with Gasteiger partial charge in [0.2, 0.25) is 5.91 Å². The Bertz CT molecular complexity index is 947. The molecule has 0 aromatic heterocycles. The quantitative estimate of drug-likeness (QED) is 0.0319. The van der Waals surface area contributed by atoms with E-state index in [4.69, 9.17) is 9.05 Å². The molecule has 0 saturated heterocycles. The van der Waals surface area contributed by atoms with Gasteiger partial charge in [-0.25, -0.2) is 4.57 Å². The first-order chi connectivity index (χ1) is 29.0. The molecule has 0 radical (unpaired) electrons. The Balaban J connectivity index is 4.09. The monoisotopic (exact) mass is 874 g/mol. The number of phosphoric acid groups is 1. The van der Waals surface area contributed by atoms with Crippen molar-refractivity contribution < 1.29 is 32.9 Å². The molecule has 0 rings (SSSR count). The summed E-state index contributed by atoms with van der Waals surface area (Å²) in [5.41, 5.74) is 0. The second-order valence-corrected chi connectivity index (χ2v) is 21.1. The lowest BCUT2D eigenvalue weighted by Crippen LogP contribution is -2.46. The zero-order valence-corrected chi connectivity index (χ0v) is 41.9. The first-order valence-corrected chi connectivity index (χ1v) is 27.9. The van der Waals surface area contributed by atoms with Crippen molar-refractivity contribution in [3.05, 3.63) is 0 Å². The average Bonchev–Trinajstić information content (AvgIpc) is 3.20. The van der Waals surface area contributed by atoms with Crippen molar-refractivity contribution >= 4 is 13.7 Å². The van der Waals surface area contributed by atoms with Crippen LogP contribution in [0.15, 0.2) is 0 Å². The molecular weight excluding hydrogens is 768 g/mol. The lowest BCUT2D eigenvalue weighted by atomic mass is 10.0. The fourth-order valence-corrected chi connectivity index (χ4v) is 8.90. The van der Waals surface area contributed by atoms with Gasteiger partial charge in [0.1, 0.15) is 13.2 Å². The number of phosphoric ester groups is 1. The maximum Gasteiger partial charge on any atom is 0.472 e. The molecule has 0 saturated carbocycles. The highest BCUT2D eigenvalue weighted by Gasteiger charge is 2.28. The van der Waals surface area contributed by atoms with E-state index in [1.54, 1.807) is 0 Å². The topological polar surface area (TPSA) is 105 Å². The van der Waals surface area contributed by atoms with Crippen LogP contribution in [0.1, 0.15) is 271 Å². The molecule has 360 valence electrons. The van der Waals surface area contributed by atoms with E-state index in [9.17, 15) is 19.4 Å². The molecule has 0 spiro atoms. The van der Waals surface area contributed by atoms with Gasteiger partial charge in [0, 0.05) is 6.42 Å². The fraction of sp³-hybridized carbons (Fsp3) is 0.980. The first-order valence-electron chi connectivity index (χ1n) is 26.4. The third-order valence-corrected chi connectivity index (χ3v) is 13.3. The second-order valence-electron chi connectivity index (χ2n) is 19.6. The van der Waals surface area contributed by atoms with E-state index >= 15 is 0 Å². The standard InChI is InChI=1S/C51H105N2O6P/c1-6-8-10-12-14-16-18-20-21-22-23-24-25-26-27-28-29-30-31-33-35-37-39-41-43-45-51(55)52-49(48-59-60(56,57)58-47-46-53(3,4)5)50(54)44-42-40-38-36-34-32-19-17-15-13-11-9-7-2/h49-50,54H,6-48H2,1-5H3,(H-,52,55,56,57)/p+1. The molecule has 60 heavy (non-hydrogen) atoms. The third-order valence-electron chi connectivity index (χ3n) is 12.4. The molecule has 0 aromatic carbocycles. The van der Waals surface area contributed by atoms with E-state index in [0.29, 0.717) is 23.9 Å². The number of hydrogen-bond acceptors (Lipinski definition) is 5. The van der Waals surface area contributed by atoms with Crippen LogP contribution in [0.5, 0.6) is 0 Å². The van der Waals surface area contributed by atoms with Gasteiger partial charge in [-0.15, -0.1) is 0 Å². The zero-order chi connectivity index (χ0) is 44.3. The number of aliphatic hydroxyl groups is 1. The van der Waals surface area contributed by atoms with Crippen LogP contribution in [0, 0.1) is 0 Å². The van der Waals surface area contributed by atoms with Gasteiger partial charge in [-0.1, -0.05) is 251 Å². The minimum Gasteiger partial charge on any atom is -0.391 e. The minimum absolute atomic E-state index is 0.0788. The van der Waals surface area contributed by atoms with Crippen molar-refractivity contribution in [1.29, 1.82) is 0 Å². The van der Waals surface area contributed by atoms with Gasteiger partial charge in [0.15, 0.2) is 0 Å². The van der Waals surface area contributed by atoms with Gasteiger partial charge in [-0.2, -0.15) is 0 Å². The number of carbonyl (C=O) groups excluding carboxylic acids is 1. The van der Waals surface area contributed by atoms with Crippen molar-refractivity contribution in [3.63, 3.8) is 0 Å². The molecule has 0 aliphatic rings. The van der Waals surface area contributed by atoms with Crippen LogP contribution in [0.25, 0.3) is 0 Å². The highest BCUT2D eigenvalue weighted by atomic mass is 31.2. The summed E-state index contributed by atoms with van der Waals surface area (Å²) < 4.78 is 23.7. The molecule has 0 heterocycles. The number of nitrogens with zero attached hydrogens (tertiary/aromatic N) is 1. The average molecular weight is 874 g/mol. The predicted octanol–water partition coefficient (Wildman–Crippen LogP) is 15.3. The van der Waals surface area contributed by atoms with Crippen molar-refractivity contribution in [2.75, 3.05) is 40.9 Å². The number of unbranched alkanes of at least 4 members (excludes halogenated alkanes) is 36. The number of amides is 1. The van der Waals surface area contributed by atoms with Gasteiger partial charge >= 0.3 is 7.82 Å². The summed E-state index contributed by atoms with van der Waals surface area (Å²) in [6.07, 6.45) is 50.0. The Morgan fingerprint density at radius 2 is 0.800 bits per heavy atom. The third kappa shape index (κ3) is 45.5. The summed E-state index contributed by atoms with van der Waals surface area (Å²) >= 11 is 0. The van der Waals surface area contributed by atoms with Crippen molar-refractivity contribution in [2.45, 2.75) is 283 Å². The number of aliphatic hydroxyl groups excluding tert-OH is 1. The van der Waals surface area contributed by atoms with Crippen molar-refractivity contribution in [3.8, 4) is 0 Å². The molecule has 0 bridgehead atoms. The SMILES string of the molecule is CCCCCCCCCCCCCCCCCCCCCCCCCCCC(=O)NC(COP(=O)(O)OCC[N+](C)(C)C)C(O)CCCCCCCCCCCCCCC. The predicted molar refractivity (Wildman–Crippen MR) is 259 cm³/mol. The van der Waals surface area contributed by atoms with E-state index in [-0.39, 0.29) is 19.1 Å². The maximum atomic E-state index is 12.9. The minimum atomic E-state index is -4.31. The lowest BCUT2D eigenvalue weighted by molar-refractivity contribution is -0.870. The second kappa shape index (κ2) is 43.7. The Hall–Kier alpha value is -0.500. The molecule has 1 amide bonds. The molecular formula is C51H106N2O6P+. The van der Waals surface area contributed by atoms with Crippen molar-refractivity contribution in [1.82, 2.24) is 5.32 Å². The van der Waals surface area contributed by atoms with Gasteiger partial charge < -0.3 is 19.8 Å². The first kappa shape index (κ1) is 59.5. The van der Waals surface area contributed by atoms with Crippen LogP contribution in [-0.4, -0.2) is 73.4 Å². The Morgan fingerprint density at radius 3 is 1.12 bits per heavy atom. The van der Waals surface area contributed by atoms with Crippen LogP contribution in [-0.2, 0) is 18.4 Å². The molecule has 3 unspecified atom stereocenters. The van der Waals surface area contributed by atoms with E-state index in [2.05, 4.69) is 19.2 Å². The molecule has 0 aliphatic carbocycles. The van der Waals surface area contributed by atoms with Crippen LogP contribution < -0.4 is 5.32 Å². The summed E-state index contributed by atoms with van der Waals surface area (Å²) in [6, 6.07) is -0.753. The van der Waals surface area contributed by atoms with Crippen molar-refractivity contribution in [2.24, 2.45) is 0 Å². The summed E-state index contributed by atoms with van der Waals surface area (Å²) in [4.78, 5) is 23.2. The number of quaternary nitrogens is 1. The Labute approximate surface area is 374 Å². The fourth-order valence-electron chi connectivity index (χ4n) is 8.17. The van der Waals surface area contributed by atoms with E-state index in [1.807, 2.05) is 21.1 Å². The summed E-state index contributed by atoms with van der Waals surface area (Å²) in [5, 5.41) is 14.0. The summed E-state index contributed by atoms with van der Waals surface area (Å²) in [6.45, 7) is 4.92. The highest BCUT2D eigenvalue weighted by molar-refractivity contribution is 7.47. The van der Waals surface area contributed by atoms with Gasteiger partial charge in [-0.3, -0.25) is 13.8 Å². The smallest absolute Gasteiger partial charge is 0.391 e. The van der Waals surface area contributed by atoms with Gasteiger partial charge in [-0.05, 0) is 12.8 Å². The Morgan fingerprint density at radius 1 is 0.500 bits per heavy atom. The van der Waals surface area contributed by atoms with Crippen LogP contribution in [0.2, 0.25) is 0 Å². The Kier molecular flexibility index (Phi) is 43.4. The lowest BCUT2D eigenvalue weighted by Gasteiger charge is -2.26. The maximum absolute atomic E-state index is 12.9.